The molecule has 27 heavy (non-hydrogen) atoms. The molecule has 0 bridgehead atoms. The van der Waals surface area contributed by atoms with Gasteiger partial charge in [0.1, 0.15) is 18.2 Å². The number of carbonyl (C=O) groups excluding carboxylic acids is 1. The van der Waals surface area contributed by atoms with Crippen LogP contribution in [0.1, 0.15) is 44.0 Å². The Morgan fingerprint density at radius 3 is 2.70 bits per heavy atom. The first-order valence-corrected chi connectivity index (χ1v) is 9.62. The van der Waals surface area contributed by atoms with E-state index in [9.17, 15) is 9.18 Å². The minimum Gasteiger partial charge on any atom is -0.345 e. The molecule has 4 nitrogen and oxygen atoms in total. The number of aromatic nitrogens is 2. The number of nitrogens with zero attached hydrogens (tertiary/aromatic N) is 2. The lowest BCUT2D eigenvalue weighted by atomic mass is 9.88. The van der Waals surface area contributed by atoms with Crippen LogP contribution in [0.3, 0.4) is 0 Å². The predicted molar refractivity (Wildman–Crippen MR) is 104 cm³/mol. The van der Waals surface area contributed by atoms with Gasteiger partial charge in [0.05, 0.1) is 16.6 Å². The van der Waals surface area contributed by atoms with Gasteiger partial charge in [-0.25, -0.2) is 9.37 Å². The first-order chi connectivity index (χ1) is 13.1. The molecule has 1 aliphatic rings. The summed E-state index contributed by atoms with van der Waals surface area (Å²) < 4.78 is 15.8. The van der Waals surface area contributed by atoms with Gasteiger partial charge in [-0.1, -0.05) is 44.0 Å². The summed E-state index contributed by atoms with van der Waals surface area (Å²) in [5.74, 6) is 0.582. The number of fused-ring (bicyclic) bond motifs is 1. The van der Waals surface area contributed by atoms with E-state index in [-0.39, 0.29) is 18.3 Å². The third kappa shape index (κ3) is 3.34. The Morgan fingerprint density at radius 2 is 1.96 bits per heavy atom. The van der Waals surface area contributed by atoms with Crippen LogP contribution in [0.4, 0.5) is 4.39 Å². The van der Waals surface area contributed by atoms with Crippen molar-refractivity contribution in [1.82, 2.24) is 14.9 Å². The molecular formula is C22H24FN3O. The molecule has 0 spiro atoms. The number of halogens is 1. The van der Waals surface area contributed by atoms with Gasteiger partial charge in [-0.15, -0.1) is 0 Å². The maximum absolute atomic E-state index is 13.8. The Hall–Kier alpha value is -2.69. The van der Waals surface area contributed by atoms with Crippen LogP contribution in [0.25, 0.3) is 11.0 Å². The molecule has 140 valence electrons. The lowest BCUT2D eigenvalue weighted by molar-refractivity contribution is -0.123. The Kier molecular flexibility index (Phi) is 4.68. The van der Waals surface area contributed by atoms with Gasteiger partial charge in [0.15, 0.2) is 0 Å². The number of imidazole rings is 1. The summed E-state index contributed by atoms with van der Waals surface area (Å²) in [4.78, 5) is 17.6. The summed E-state index contributed by atoms with van der Waals surface area (Å²) in [7, 11) is 0. The van der Waals surface area contributed by atoms with E-state index in [2.05, 4.69) is 10.3 Å². The molecular weight excluding hydrogens is 341 g/mol. The number of amides is 1. The van der Waals surface area contributed by atoms with Crippen molar-refractivity contribution < 1.29 is 9.18 Å². The highest BCUT2D eigenvalue weighted by Gasteiger charge is 2.37. The molecule has 1 amide bonds. The molecule has 0 saturated heterocycles. The van der Waals surface area contributed by atoms with Crippen LogP contribution in [0.15, 0.2) is 48.5 Å². The SMILES string of the molecule is CCc1nc2ccccc2n1CC(=O)NC1(c2cccc(F)c2)CCCC1. The number of aryl methyl sites for hydroxylation is 1. The summed E-state index contributed by atoms with van der Waals surface area (Å²) >= 11 is 0. The van der Waals surface area contributed by atoms with Gasteiger partial charge in [0.2, 0.25) is 5.91 Å². The number of nitrogens with one attached hydrogen (secondary N) is 1. The van der Waals surface area contributed by atoms with Crippen molar-refractivity contribution in [1.29, 1.82) is 0 Å². The Balaban J connectivity index is 1.62. The minimum atomic E-state index is -0.470. The van der Waals surface area contributed by atoms with Gasteiger partial charge in [0.25, 0.3) is 0 Å². The summed E-state index contributed by atoms with van der Waals surface area (Å²) in [6.07, 6.45) is 4.51. The highest BCUT2D eigenvalue weighted by molar-refractivity contribution is 5.81. The highest BCUT2D eigenvalue weighted by Crippen LogP contribution is 2.39. The van der Waals surface area contributed by atoms with Gasteiger partial charge in [-0.05, 0) is 42.7 Å². The van der Waals surface area contributed by atoms with E-state index >= 15 is 0 Å². The van der Waals surface area contributed by atoms with Crippen molar-refractivity contribution in [2.45, 2.75) is 51.1 Å². The Morgan fingerprint density at radius 1 is 1.19 bits per heavy atom. The smallest absolute Gasteiger partial charge is 0.240 e. The molecule has 0 atom stereocenters. The van der Waals surface area contributed by atoms with E-state index in [1.165, 1.54) is 6.07 Å². The van der Waals surface area contributed by atoms with Gasteiger partial charge < -0.3 is 9.88 Å². The number of benzene rings is 2. The maximum atomic E-state index is 13.8. The second-order valence-corrected chi connectivity index (χ2v) is 7.30. The zero-order valence-electron chi connectivity index (χ0n) is 15.5. The van der Waals surface area contributed by atoms with Crippen LogP contribution >= 0.6 is 0 Å². The predicted octanol–water partition coefficient (Wildman–Crippen LogP) is 4.32. The quantitative estimate of drug-likeness (QED) is 0.732. The maximum Gasteiger partial charge on any atom is 0.240 e. The lowest BCUT2D eigenvalue weighted by Gasteiger charge is -2.31. The molecule has 1 saturated carbocycles. The van der Waals surface area contributed by atoms with Crippen molar-refractivity contribution in [3.05, 3.63) is 65.7 Å². The second kappa shape index (κ2) is 7.14. The van der Waals surface area contributed by atoms with Gasteiger partial charge in [-0.3, -0.25) is 4.79 Å². The largest absolute Gasteiger partial charge is 0.345 e. The van der Waals surface area contributed by atoms with E-state index in [1.807, 2.05) is 41.8 Å². The number of hydrogen-bond donors (Lipinski definition) is 1. The van der Waals surface area contributed by atoms with Gasteiger partial charge in [-0.2, -0.15) is 0 Å². The van der Waals surface area contributed by atoms with Crippen LogP contribution in [0.5, 0.6) is 0 Å². The van der Waals surface area contributed by atoms with Crippen molar-refractivity contribution >= 4 is 16.9 Å². The molecule has 1 fully saturated rings. The number of para-hydroxylation sites is 2. The molecule has 1 heterocycles. The van der Waals surface area contributed by atoms with E-state index in [1.54, 1.807) is 12.1 Å². The van der Waals surface area contributed by atoms with E-state index in [4.69, 9.17) is 0 Å². The first-order valence-electron chi connectivity index (χ1n) is 9.62. The molecule has 5 heteroatoms. The summed E-state index contributed by atoms with van der Waals surface area (Å²) in [6, 6.07) is 14.5. The monoisotopic (exact) mass is 365 g/mol. The average Bonchev–Trinajstić information content (AvgIpc) is 3.27. The fourth-order valence-corrected chi connectivity index (χ4v) is 4.27. The molecule has 1 aromatic heterocycles. The van der Waals surface area contributed by atoms with E-state index in [0.717, 1.165) is 54.5 Å². The molecule has 1 aliphatic carbocycles. The van der Waals surface area contributed by atoms with Gasteiger partial charge >= 0.3 is 0 Å². The third-order valence-electron chi connectivity index (χ3n) is 5.56. The second-order valence-electron chi connectivity index (χ2n) is 7.30. The lowest BCUT2D eigenvalue weighted by Crippen LogP contribution is -2.45. The topological polar surface area (TPSA) is 46.9 Å². The molecule has 4 rings (SSSR count). The fourth-order valence-electron chi connectivity index (χ4n) is 4.27. The van der Waals surface area contributed by atoms with E-state index in [0.29, 0.717) is 0 Å². The normalized spacial score (nSPS) is 15.9. The van der Waals surface area contributed by atoms with E-state index < -0.39 is 5.54 Å². The van der Waals surface area contributed by atoms with Crippen LogP contribution in [0.2, 0.25) is 0 Å². The molecule has 0 unspecified atom stereocenters. The van der Waals surface area contributed by atoms with Crippen molar-refractivity contribution in [2.75, 3.05) is 0 Å². The Bertz CT molecular complexity index is 973. The van der Waals surface area contributed by atoms with Crippen LogP contribution in [-0.4, -0.2) is 15.5 Å². The average molecular weight is 365 g/mol. The summed E-state index contributed by atoms with van der Waals surface area (Å²) in [5.41, 5.74) is 2.26. The molecule has 2 aromatic carbocycles. The van der Waals surface area contributed by atoms with Gasteiger partial charge in [0, 0.05) is 6.42 Å². The zero-order chi connectivity index (χ0) is 18.9. The van der Waals surface area contributed by atoms with Crippen LogP contribution in [-0.2, 0) is 23.3 Å². The zero-order valence-corrected chi connectivity index (χ0v) is 15.5. The minimum absolute atomic E-state index is 0.0565. The number of rotatable bonds is 5. The molecule has 0 aliphatic heterocycles. The van der Waals surface area contributed by atoms with Crippen molar-refractivity contribution in [3.63, 3.8) is 0 Å². The fraction of sp³-hybridized carbons (Fsp3) is 0.364. The molecule has 0 radical (unpaired) electrons. The molecule has 1 N–H and O–H groups in total. The third-order valence-corrected chi connectivity index (χ3v) is 5.56. The van der Waals surface area contributed by atoms with Crippen LogP contribution in [0, 0.1) is 5.82 Å². The first kappa shape index (κ1) is 17.7. The van der Waals surface area contributed by atoms with Crippen LogP contribution < -0.4 is 5.32 Å². The highest BCUT2D eigenvalue weighted by atomic mass is 19.1. The summed E-state index contributed by atoms with van der Waals surface area (Å²) in [5, 5.41) is 3.24. The molecule has 3 aromatic rings. The van der Waals surface area contributed by atoms with Crippen molar-refractivity contribution in [3.8, 4) is 0 Å². The Labute approximate surface area is 158 Å². The summed E-state index contributed by atoms with van der Waals surface area (Å²) in [6.45, 7) is 2.27. The van der Waals surface area contributed by atoms with Crippen molar-refractivity contribution in [2.24, 2.45) is 0 Å². The number of carbonyl (C=O) groups is 1. The number of hydrogen-bond acceptors (Lipinski definition) is 2. The standard InChI is InChI=1S/C22H24FN3O/c1-2-20-24-18-10-3-4-11-19(18)26(20)15-21(27)25-22(12-5-6-13-22)16-8-7-9-17(23)14-16/h3-4,7-11,14H,2,5-6,12-13,15H2,1H3,(H,25,27).